The van der Waals surface area contributed by atoms with E-state index in [0.29, 0.717) is 12.5 Å². The Morgan fingerprint density at radius 1 is 1.64 bits per heavy atom. The van der Waals surface area contributed by atoms with Gasteiger partial charge in [-0.15, -0.1) is 0 Å². The van der Waals surface area contributed by atoms with Crippen LogP contribution in [0.25, 0.3) is 0 Å². The van der Waals surface area contributed by atoms with Crippen molar-refractivity contribution in [3.8, 4) is 0 Å². The molecule has 14 heavy (non-hydrogen) atoms. The van der Waals surface area contributed by atoms with Crippen molar-refractivity contribution in [2.24, 2.45) is 23.0 Å². The molecule has 0 bridgehead atoms. The molecule has 2 N–H and O–H groups in total. The molecule has 0 amide bonds. The van der Waals surface area contributed by atoms with Gasteiger partial charge in [0.2, 0.25) is 0 Å². The molecule has 0 aromatic heterocycles. The number of ether oxygens (including phenoxy) is 1. The van der Waals surface area contributed by atoms with E-state index in [1.807, 2.05) is 13.8 Å². The second kappa shape index (κ2) is 3.89. The van der Waals surface area contributed by atoms with Gasteiger partial charge in [-0.2, -0.15) is 0 Å². The minimum atomic E-state index is -0.0607. The van der Waals surface area contributed by atoms with Crippen molar-refractivity contribution < 1.29 is 9.53 Å². The molecule has 1 saturated carbocycles. The third-order valence-electron chi connectivity index (χ3n) is 3.55. The lowest BCUT2D eigenvalue weighted by atomic mass is 9.53. The lowest BCUT2D eigenvalue weighted by Gasteiger charge is -2.52. The molecule has 0 heterocycles. The summed E-state index contributed by atoms with van der Waals surface area (Å²) in [5.41, 5.74) is 5.86. The predicted octanol–water partition coefficient (Wildman–Crippen LogP) is 1.56. The van der Waals surface area contributed by atoms with Gasteiger partial charge in [-0.3, -0.25) is 4.79 Å². The zero-order chi connectivity index (χ0) is 10.9. The summed E-state index contributed by atoms with van der Waals surface area (Å²) in [5.74, 6) is 0.421. The molecule has 1 aliphatic rings. The van der Waals surface area contributed by atoms with Crippen LogP contribution < -0.4 is 5.73 Å². The van der Waals surface area contributed by atoms with Crippen LogP contribution in [0.5, 0.6) is 0 Å². The predicted molar refractivity (Wildman–Crippen MR) is 55.7 cm³/mol. The summed E-state index contributed by atoms with van der Waals surface area (Å²) in [6.07, 6.45) is 0.878. The van der Waals surface area contributed by atoms with Crippen molar-refractivity contribution in [2.75, 3.05) is 6.61 Å². The molecular formula is C11H21NO2. The van der Waals surface area contributed by atoms with Crippen LogP contribution in [-0.2, 0) is 9.53 Å². The fraction of sp³-hybridized carbons (Fsp3) is 0.909. The molecule has 82 valence electrons. The third-order valence-corrected chi connectivity index (χ3v) is 3.55. The maximum Gasteiger partial charge on any atom is 0.309 e. The highest BCUT2D eigenvalue weighted by molar-refractivity contribution is 5.74. The number of carbonyl (C=O) groups excluding carboxylic acids is 1. The lowest BCUT2D eigenvalue weighted by Crippen LogP contribution is -2.55. The van der Waals surface area contributed by atoms with Gasteiger partial charge in [-0.1, -0.05) is 13.8 Å². The van der Waals surface area contributed by atoms with Crippen molar-refractivity contribution in [1.29, 1.82) is 0 Å². The van der Waals surface area contributed by atoms with E-state index in [9.17, 15) is 4.79 Å². The highest BCUT2D eigenvalue weighted by atomic mass is 16.5. The molecular weight excluding hydrogens is 178 g/mol. The number of rotatable bonds is 3. The highest BCUT2D eigenvalue weighted by Crippen LogP contribution is 2.52. The van der Waals surface area contributed by atoms with Crippen LogP contribution in [0.1, 0.15) is 34.1 Å². The number of esters is 1. The number of hydrogen-bond donors (Lipinski definition) is 1. The van der Waals surface area contributed by atoms with Gasteiger partial charge < -0.3 is 10.5 Å². The average Bonchev–Trinajstić information content (AvgIpc) is 2.02. The van der Waals surface area contributed by atoms with Crippen LogP contribution >= 0.6 is 0 Å². The van der Waals surface area contributed by atoms with Crippen LogP contribution in [0, 0.1) is 17.3 Å². The summed E-state index contributed by atoms with van der Waals surface area (Å²) in [7, 11) is 0. The molecule has 0 aromatic carbocycles. The molecule has 0 radical (unpaired) electrons. The largest absolute Gasteiger partial charge is 0.466 e. The first-order valence-corrected chi connectivity index (χ1v) is 5.33. The molecule has 0 aliphatic heterocycles. The standard InChI is InChI=1S/C11H21NO2/c1-5-14-10(13)9-6-8(7(2)12)11(9,3)4/h7-9H,5-6,12H2,1-4H3/t7?,8-,9+/m1/s1. The van der Waals surface area contributed by atoms with Crippen molar-refractivity contribution in [3.63, 3.8) is 0 Å². The van der Waals surface area contributed by atoms with E-state index in [0.717, 1.165) is 6.42 Å². The van der Waals surface area contributed by atoms with Crippen LogP contribution in [0.2, 0.25) is 0 Å². The van der Waals surface area contributed by atoms with Crippen LogP contribution in [0.4, 0.5) is 0 Å². The summed E-state index contributed by atoms with van der Waals surface area (Å²) in [6, 6.07) is 0.163. The van der Waals surface area contributed by atoms with Gasteiger partial charge in [0.15, 0.2) is 0 Å². The summed E-state index contributed by atoms with van der Waals surface area (Å²) >= 11 is 0. The van der Waals surface area contributed by atoms with E-state index in [1.54, 1.807) is 0 Å². The molecule has 3 heteroatoms. The van der Waals surface area contributed by atoms with E-state index in [2.05, 4.69) is 13.8 Å². The Labute approximate surface area is 86.0 Å². The summed E-state index contributed by atoms with van der Waals surface area (Å²) in [5, 5.41) is 0. The van der Waals surface area contributed by atoms with Gasteiger partial charge in [0.1, 0.15) is 0 Å². The lowest BCUT2D eigenvalue weighted by molar-refractivity contribution is -0.166. The summed E-state index contributed by atoms with van der Waals surface area (Å²) < 4.78 is 5.03. The molecule has 1 unspecified atom stereocenters. The molecule has 1 aliphatic carbocycles. The zero-order valence-electron chi connectivity index (χ0n) is 9.54. The molecule has 1 fully saturated rings. The van der Waals surface area contributed by atoms with Crippen LogP contribution in [0.3, 0.4) is 0 Å². The SMILES string of the molecule is CCOC(=O)[C@@H]1C[C@H](C(C)N)C1(C)C. The molecule has 1 rings (SSSR count). The number of hydrogen-bond acceptors (Lipinski definition) is 3. The van der Waals surface area contributed by atoms with E-state index in [1.165, 1.54) is 0 Å². The Balaban J connectivity index is 2.58. The summed E-state index contributed by atoms with van der Waals surface area (Å²) in [4.78, 5) is 11.5. The second-order valence-electron chi connectivity index (χ2n) is 4.83. The number of carbonyl (C=O) groups is 1. The first-order chi connectivity index (χ1) is 6.41. The fourth-order valence-corrected chi connectivity index (χ4v) is 2.49. The van der Waals surface area contributed by atoms with Crippen molar-refractivity contribution in [1.82, 2.24) is 0 Å². The van der Waals surface area contributed by atoms with Crippen molar-refractivity contribution in [3.05, 3.63) is 0 Å². The Bertz CT molecular complexity index is 223. The Morgan fingerprint density at radius 2 is 2.21 bits per heavy atom. The summed E-state index contributed by atoms with van der Waals surface area (Å²) in [6.45, 7) is 8.52. The minimum Gasteiger partial charge on any atom is -0.466 e. The van der Waals surface area contributed by atoms with E-state index in [4.69, 9.17) is 10.5 Å². The van der Waals surface area contributed by atoms with Crippen molar-refractivity contribution >= 4 is 5.97 Å². The van der Waals surface area contributed by atoms with Crippen LogP contribution in [0.15, 0.2) is 0 Å². The smallest absolute Gasteiger partial charge is 0.309 e. The second-order valence-corrected chi connectivity index (χ2v) is 4.83. The molecule has 0 saturated heterocycles. The van der Waals surface area contributed by atoms with Gasteiger partial charge in [0.05, 0.1) is 12.5 Å². The molecule has 3 nitrogen and oxygen atoms in total. The molecule has 3 atom stereocenters. The zero-order valence-corrected chi connectivity index (χ0v) is 9.54. The Hall–Kier alpha value is -0.570. The third kappa shape index (κ3) is 1.78. The number of nitrogens with two attached hydrogens (primary N) is 1. The highest BCUT2D eigenvalue weighted by Gasteiger charge is 2.53. The quantitative estimate of drug-likeness (QED) is 0.702. The minimum absolute atomic E-state index is 0.000417. The van der Waals surface area contributed by atoms with Gasteiger partial charge >= 0.3 is 5.97 Å². The van der Waals surface area contributed by atoms with Gasteiger partial charge in [-0.25, -0.2) is 0 Å². The van der Waals surface area contributed by atoms with Gasteiger partial charge in [0, 0.05) is 6.04 Å². The van der Waals surface area contributed by atoms with Gasteiger partial charge in [0.25, 0.3) is 0 Å². The fourth-order valence-electron chi connectivity index (χ4n) is 2.49. The first kappa shape index (κ1) is 11.5. The van der Waals surface area contributed by atoms with Crippen molar-refractivity contribution in [2.45, 2.75) is 40.2 Å². The molecule has 0 spiro atoms. The maximum absolute atomic E-state index is 11.5. The normalized spacial score (nSPS) is 31.8. The topological polar surface area (TPSA) is 52.3 Å². The van der Waals surface area contributed by atoms with Gasteiger partial charge in [-0.05, 0) is 31.6 Å². The Kier molecular flexibility index (Phi) is 3.20. The monoisotopic (exact) mass is 199 g/mol. The molecule has 0 aromatic rings. The first-order valence-electron chi connectivity index (χ1n) is 5.33. The Morgan fingerprint density at radius 3 is 2.57 bits per heavy atom. The van der Waals surface area contributed by atoms with E-state index < -0.39 is 0 Å². The van der Waals surface area contributed by atoms with E-state index in [-0.39, 0.29) is 23.3 Å². The van der Waals surface area contributed by atoms with E-state index >= 15 is 0 Å². The maximum atomic E-state index is 11.5. The van der Waals surface area contributed by atoms with Crippen LogP contribution in [-0.4, -0.2) is 18.6 Å². The average molecular weight is 199 g/mol.